The maximum Gasteiger partial charge on any atom is 0.228 e. The molecule has 140 valence electrons. The van der Waals surface area contributed by atoms with Crippen LogP contribution in [0.25, 0.3) is 0 Å². The summed E-state index contributed by atoms with van der Waals surface area (Å²) < 4.78 is 4.33. The lowest BCUT2D eigenvalue weighted by Crippen LogP contribution is -2.41. The molecule has 0 unspecified atom stereocenters. The number of amides is 1. The molecular weight excluding hydrogens is 328 g/mol. The van der Waals surface area contributed by atoms with Crippen LogP contribution in [0.4, 0.5) is 0 Å². The predicted molar refractivity (Wildman–Crippen MR) is 97.7 cm³/mol. The van der Waals surface area contributed by atoms with E-state index in [2.05, 4.69) is 43.1 Å². The van der Waals surface area contributed by atoms with Crippen molar-refractivity contribution >= 4 is 5.91 Å². The second-order valence-corrected chi connectivity index (χ2v) is 7.95. The molecule has 1 amide bonds. The molecule has 2 aromatic heterocycles. The zero-order chi connectivity index (χ0) is 18.3. The molecule has 2 aromatic rings. The first-order valence-corrected chi connectivity index (χ1v) is 9.71. The van der Waals surface area contributed by atoms with E-state index < -0.39 is 0 Å². The van der Waals surface area contributed by atoms with Gasteiger partial charge in [0, 0.05) is 43.4 Å². The molecule has 2 fully saturated rings. The van der Waals surface area contributed by atoms with Crippen molar-refractivity contribution in [2.45, 2.75) is 65.5 Å². The van der Waals surface area contributed by atoms with Crippen LogP contribution in [-0.4, -0.2) is 48.2 Å². The van der Waals surface area contributed by atoms with Crippen LogP contribution in [0.5, 0.6) is 0 Å². The molecule has 0 bridgehead atoms. The smallest absolute Gasteiger partial charge is 0.228 e. The molecule has 2 aliphatic rings. The molecule has 1 aliphatic heterocycles. The van der Waals surface area contributed by atoms with Gasteiger partial charge in [-0.15, -0.1) is 10.2 Å². The highest BCUT2D eigenvalue weighted by Crippen LogP contribution is 2.47. The van der Waals surface area contributed by atoms with E-state index in [1.807, 2.05) is 19.3 Å². The summed E-state index contributed by atoms with van der Waals surface area (Å²) in [5.41, 5.74) is -0.0634. The Labute approximate surface area is 154 Å². The van der Waals surface area contributed by atoms with Gasteiger partial charge in [-0.3, -0.25) is 4.79 Å². The monoisotopic (exact) mass is 356 g/mol. The van der Waals surface area contributed by atoms with Crippen LogP contribution in [0.3, 0.4) is 0 Å². The molecular formula is C19H28N6O. The summed E-state index contributed by atoms with van der Waals surface area (Å²) in [5, 5.41) is 8.99. The molecule has 0 atom stereocenters. The molecule has 1 saturated carbocycles. The van der Waals surface area contributed by atoms with Crippen LogP contribution in [0.15, 0.2) is 12.4 Å². The Bertz CT molecular complexity index is 795. The van der Waals surface area contributed by atoms with E-state index >= 15 is 0 Å². The van der Waals surface area contributed by atoms with E-state index in [9.17, 15) is 4.79 Å². The summed E-state index contributed by atoms with van der Waals surface area (Å²) in [6.45, 7) is 9.48. The van der Waals surface area contributed by atoms with E-state index in [4.69, 9.17) is 0 Å². The molecule has 4 rings (SSSR count). The summed E-state index contributed by atoms with van der Waals surface area (Å²) in [7, 11) is 0. The number of hydrogen-bond donors (Lipinski definition) is 0. The van der Waals surface area contributed by atoms with Crippen molar-refractivity contribution in [3.63, 3.8) is 0 Å². The van der Waals surface area contributed by atoms with Crippen LogP contribution >= 0.6 is 0 Å². The standard InChI is InChI=1S/C19H28N6O/c1-4-25-16(13-24-12-9-20-14(24)2)21-22-17(25)15-5-10-23(11-6-15)18(26)19(3)7-8-19/h9,12,15H,4-8,10-11,13H2,1-3H3. The third kappa shape index (κ3) is 3.04. The summed E-state index contributed by atoms with van der Waals surface area (Å²) in [4.78, 5) is 18.9. The van der Waals surface area contributed by atoms with E-state index in [-0.39, 0.29) is 5.41 Å². The zero-order valence-corrected chi connectivity index (χ0v) is 16.0. The fraction of sp³-hybridized carbons (Fsp3) is 0.684. The van der Waals surface area contributed by atoms with Crippen molar-refractivity contribution in [1.29, 1.82) is 0 Å². The lowest BCUT2D eigenvalue weighted by Gasteiger charge is -2.33. The Hall–Kier alpha value is -2.18. The number of carbonyl (C=O) groups is 1. The van der Waals surface area contributed by atoms with Gasteiger partial charge in [0.15, 0.2) is 5.82 Å². The summed E-state index contributed by atoms with van der Waals surface area (Å²) >= 11 is 0. The van der Waals surface area contributed by atoms with Crippen molar-refractivity contribution in [2.75, 3.05) is 13.1 Å². The molecule has 1 saturated heterocycles. The molecule has 0 aromatic carbocycles. The van der Waals surface area contributed by atoms with Gasteiger partial charge in [-0.25, -0.2) is 4.98 Å². The minimum Gasteiger partial charge on any atom is -0.342 e. The molecule has 7 nitrogen and oxygen atoms in total. The van der Waals surface area contributed by atoms with Gasteiger partial charge >= 0.3 is 0 Å². The van der Waals surface area contributed by atoms with E-state index in [0.717, 1.165) is 62.8 Å². The fourth-order valence-electron chi connectivity index (χ4n) is 3.96. The Morgan fingerprint density at radius 2 is 2.00 bits per heavy atom. The lowest BCUT2D eigenvalue weighted by molar-refractivity contribution is -0.137. The first kappa shape index (κ1) is 17.2. The fourth-order valence-corrected chi connectivity index (χ4v) is 3.96. The van der Waals surface area contributed by atoms with Gasteiger partial charge in [0.25, 0.3) is 0 Å². The van der Waals surface area contributed by atoms with E-state index in [0.29, 0.717) is 18.4 Å². The first-order chi connectivity index (χ1) is 12.5. The number of aromatic nitrogens is 5. The van der Waals surface area contributed by atoms with Gasteiger partial charge in [-0.2, -0.15) is 0 Å². The van der Waals surface area contributed by atoms with Crippen LogP contribution in [-0.2, 0) is 17.9 Å². The molecule has 0 radical (unpaired) electrons. The highest BCUT2D eigenvalue weighted by atomic mass is 16.2. The quantitative estimate of drug-likeness (QED) is 0.825. The maximum atomic E-state index is 12.5. The van der Waals surface area contributed by atoms with Gasteiger partial charge in [-0.05, 0) is 39.5 Å². The molecule has 7 heteroatoms. The van der Waals surface area contributed by atoms with Crippen LogP contribution < -0.4 is 0 Å². The number of likely N-dealkylation sites (tertiary alicyclic amines) is 1. The number of carbonyl (C=O) groups excluding carboxylic acids is 1. The molecule has 0 N–H and O–H groups in total. The SMILES string of the molecule is CCn1c(Cn2ccnc2C)nnc1C1CCN(C(=O)C2(C)CC2)CC1. The predicted octanol–water partition coefficient (Wildman–Crippen LogP) is 2.36. The Kier molecular flexibility index (Phi) is 4.32. The first-order valence-electron chi connectivity index (χ1n) is 9.71. The van der Waals surface area contributed by atoms with Crippen LogP contribution in [0.1, 0.15) is 62.9 Å². The lowest BCUT2D eigenvalue weighted by atomic mass is 9.94. The number of imidazole rings is 1. The van der Waals surface area contributed by atoms with Gasteiger partial charge in [0.2, 0.25) is 5.91 Å². The van der Waals surface area contributed by atoms with Crippen LogP contribution in [0, 0.1) is 12.3 Å². The van der Waals surface area contributed by atoms with E-state index in [1.54, 1.807) is 0 Å². The minimum absolute atomic E-state index is 0.0634. The average molecular weight is 356 g/mol. The topological polar surface area (TPSA) is 68.8 Å². The summed E-state index contributed by atoms with van der Waals surface area (Å²) in [6, 6.07) is 0. The number of piperidine rings is 1. The van der Waals surface area contributed by atoms with Crippen molar-refractivity contribution in [1.82, 2.24) is 29.2 Å². The van der Waals surface area contributed by atoms with Gasteiger partial charge in [0.1, 0.15) is 11.6 Å². The highest BCUT2D eigenvalue weighted by molar-refractivity contribution is 5.85. The molecule has 26 heavy (non-hydrogen) atoms. The van der Waals surface area contributed by atoms with Gasteiger partial charge in [-0.1, -0.05) is 6.92 Å². The third-order valence-corrected chi connectivity index (χ3v) is 6.07. The van der Waals surface area contributed by atoms with E-state index in [1.165, 1.54) is 0 Å². The van der Waals surface area contributed by atoms with Crippen LogP contribution in [0.2, 0.25) is 0 Å². The van der Waals surface area contributed by atoms with Gasteiger partial charge < -0.3 is 14.0 Å². The van der Waals surface area contributed by atoms with Crippen molar-refractivity contribution in [3.8, 4) is 0 Å². The third-order valence-electron chi connectivity index (χ3n) is 6.07. The molecule has 3 heterocycles. The van der Waals surface area contributed by atoms with Gasteiger partial charge in [0.05, 0.1) is 6.54 Å². The largest absolute Gasteiger partial charge is 0.342 e. The molecule has 0 spiro atoms. The Morgan fingerprint density at radius 3 is 2.58 bits per heavy atom. The average Bonchev–Trinajstić information content (AvgIpc) is 3.09. The number of rotatable bonds is 5. The molecule has 1 aliphatic carbocycles. The maximum absolute atomic E-state index is 12.5. The second kappa shape index (κ2) is 6.52. The normalized spacial score (nSPS) is 19.7. The van der Waals surface area contributed by atoms with Crippen molar-refractivity contribution in [2.24, 2.45) is 5.41 Å². The summed E-state index contributed by atoms with van der Waals surface area (Å²) in [5.74, 6) is 3.77. The van der Waals surface area contributed by atoms with Crippen molar-refractivity contribution < 1.29 is 4.79 Å². The second-order valence-electron chi connectivity index (χ2n) is 7.95. The Balaban J connectivity index is 1.45. The highest BCUT2D eigenvalue weighted by Gasteiger charge is 2.47. The number of nitrogens with zero attached hydrogens (tertiary/aromatic N) is 6. The van der Waals surface area contributed by atoms with Crippen molar-refractivity contribution in [3.05, 3.63) is 29.9 Å². The number of aryl methyl sites for hydroxylation is 1. The Morgan fingerprint density at radius 1 is 1.27 bits per heavy atom. The zero-order valence-electron chi connectivity index (χ0n) is 16.0. The summed E-state index contributed by atoms with van der Waals surface area (Å²) in [6.07, 6.45) is 7.84. The minimum atomic E-state index is -0.0634. The number of hydrogen-bond acceptors (Lipinski definition) is 4.